The monoisotopic (exact) mass is 240 g/mol. The Morgan fingerprint density at radius 3 is 3.06 bits per heavy atom. The molecule has 1 atom stereocenters. The van der Waals surface area contributed by atoms with Crippen molar-refractivity contribution >= 4 is 16.7 Å². The zero-order chi connectivity index (χ0) is 11.8. The fraction of sp³-hybridized carbons (Fsp3) is 0.700. The van der Waals surface area contributed by atoms with Crippen molar-refractivity contribution in [1.82, 2.24) is 9.36 Å². The number of aromatic nitrogens is 2. The predicted molar refractivity (Wildman–Crippen MR) is 63.4 cm³/mol. The van der Waals surface area contributed by atoms with Crippen LogP contribution in [0.1, 0.15) is 25.6 Å². The van der Waals surface area contributed by atoms with Crippen LogP contribution in [0.3, 0.4) is 0 Å². The summed E-state index contributed by atoms with van der Waals surface area (Å²) in [5.74, 6) is 0.793. The number of nitrogens with one attached hydrogen (secondary N) is 1. The standard InChI is InChI=1S/C10H16N4OS/c1-3-8(4-6-11)12-10-13-9(14-16-10)5-7-15-2/h8H,3-5,7H2,1-2H3,(H,12,13,14). The van der Waals surface area contributed by atoms with Crippen LogP contribution < -0.4 is 5.32 Å². The van der Waals surface area contributed by atoms with Gasteiger partial charge in [-0.25, -0.2) is 4.98 Å². The fourth-order valence-corrected chi connectivity index (χ4v) is 1.88. The smallest absolute Gasteiger partial charge is 0.202 e. The van der Waals surface area contributed by atoms with Crippen molar-refractivity contribution in [2.24, 2.45) is 0 Å². The van der Waals surface area contributed by atoms with E-state index in [1.807, 2.05) is 6.92 Å². The molecule has 1 heterocycles. The summed E-state index contributed by atoms with van der Waals surface area (Å²) in [6.07, 6.45) is 2.12. The summed E-state index contributed by atoms with van der Waals surface area (Å²) in [5, 5.41) is 12.6. The first-order valence-corrected chi connectivity index (χ1v) is 6.02. The number of nitriles is 1. The van der Waals surface area contributed by atoms with Crippen LogP contribution in [0.2, 0.25) is 0 Å². The number of methoxy groups -OCH3 is 1. The lowest BCUT2D eigenvalue weighted by molar-refractivity contribution is 0.201. The van der Waals surface area contributed by atoms with E-state index in [0.29, 0.717) is 13.0 Å². The first kappa shape index (κ1) is 12.9. The molecule has 0 amide bonds. The Morgan fingerprint density at radius 1 is 1.62 bits per heavy atom. The molecule has 1 aromatic heterocycles. The normalized spacial score (nSPS) is 12.1. The van der Waals surface area contributed by atoms with Crippen molar-refractivity contribution in [3.05, 3.63) is 5.82 Å². The molecule has 88 valence electrons. The molecule has 0 aliphatic rings. The summed E-state index contributed by atoms with van der Waals surface area (Å²) in [5.41, 5.74) is 0. The molecule has 5 nitrogen and oxygen atoms in total. The molecule has 1 rings (SSSR count). The second-order valence-electron chi connectivity index (χ2n) is 3.37. The lowest BCUT2D eigenvalue weighted by atomic mass is 10.2. The van der Waals surface area contributed by atoms with Crippen LogP contribution in [0.4, 0.5) is 5.13 Å². The van der Waals surface area contributed by atoms with E-state index in [-0.39, 0.29) is 6.04 Å². The molecular formula is C10H16N4OS. The van der Waals surface area contributed by atoms with Crippen LogP contribution in [0.5, 0.6) is 0 Å². The summed E-state index contributed by atoms with van der Waals surface area (Å²) in [4.78, 5) is 4.32. The van der Waals surface area contributed by atoms with Crippen LogP contribution in [-0.2, 0) is 11.2 Å². The molecule has 6 heteroatoms. The van der Waals surface area contributed by atoms with E-state index in [1.165, 1.54) is 11.5 Å². The van der Waals surface area contributed by atoms with Crippen molar-refractivity contribution < 1.29 is 4.74 Å². The van der Waals surface area contributed by atoms with Crippen LogP contribution in [0.25, 0.3) is 0 Å². The maximum atomic E-state index is 8.63. The topological polar surface area (TPSA) is 70.8 Å². The number of hydrogen-bond donors (Lipinski definition) is 1. The molecule has 0 saturated heterocycles. The molecule has 0 bridgehead atoms. The minimum absolute atomic E-state index is 0.160. The van der Waals surface area contributed by atoms with Gasteiger partial charge in [0.15, 0.2) is 0 Å². The van der Waals surface area contributed by atoms with Crippen LogP contribution in [0, 0.1) is 11.3 Å². The third-order valence-electron chi connectivity index (χ3n) is 2.16. The Morgan fingerprint density at radius 2 is 2.44 bits per heavy atom. The van der Waals surface area contributed by atoms with Gasteiger partial charge in [-0.3, -0.25) is 0 Å². The lowest BCUT2D eigenvalue weighted by Crippen LogP contribution is -2.17. The molecule has 0 fully saturated rings. The van der Waals surface area contributed by atoms with Crippen molar-refractivity contribution in [3.8, 4) is 6.07 Å². The molecule has 1 aromatic rings. The largest absolute Gasteiger partial charge is 0.384 e. The highest BCUT2D eigenvalue weighted by atomic mass is 32.1. The highest BCUT2D eigenvalue weighted by molar-refractivity contribution is 7.09. The first-order valence-electron chi connectivity index (χ1n) is 5.25. The third-order valence-corrected chi connectivity index (χ3v) is 2.84. The summed E-state index contributed by atoms with van der Waals surface area (Å²) in [6, 6.07) is 2.31. The first-order chi connectivity index (χ1) is 7.80. The van der Waals surface area contributed by atoms with E-state index in [2.05, 4.69) is 20.7 Å². The highest BCUT2D eigenvalue weighted by Crippen LogP contribution is 2.14. The van der Waals surface area contributed by atoms with E-state index in [0.717, 1.165) is 23.8 Å². The van der Waals surface area contributed by atoms with Gasteiger partial charge in [0.05, 0.1) is 19.1 Å². The molecule has 0 aliphatic heterocycles. The van der Waals surface area contributed by atoms with Gasteiger partial charge < -0.3 is 10.1 Å². The lowest BCUT2D eigenvalue weighted by Gasteiger charge is -2.10. The quantitative estimate of drug-likeness (QED) is 0.787. The van der Waals surface area contributed by atoms with Gasteiger partial charge in [-0.2, -0.15) is 9.64 Å². The van der Waals surface area contributed by atoms with Crippen molar-refractivity contribution in [2.75, 3.05) is 19.0 Å². The zero-order valence-electron chi connectivity index (χ0n) is 9.56. The van der Waals surface area contributed by atoms with E-state index in [9.17, 15) is 0 Å². The molecular weight excluding hydrogens is 224 g/mol. The SMILES string of the molecule is CCC(CC#N)Nc1nc(CCOC)ns1. The van der Waals surface area contributed by atoms with Gasteiger partial charge in [-0.05, 0) is 6.42 Å². The molecule has 0 aromatic carbocycles. The van der Waals surface area contributed by atoms with Gasteiger partial charge in [-0.15, -0.1) is 0 Å². The van der Waals surface area contributed by atoms with E-state index >= 15 is 0 Å². The van der Waals surface area contributed by atoms with Gasteiger partial charge in [0.2, 0.25) is 5.13 Å². The molecule has 1 N–H and O–H groups in total. The zero-order valence-corrected chi connectivity index (χ0v) is 10.4. The third kappa shape index (κ3) is 4.13. The van der Waals surface area contributed by atoms with Gasteiger partial charge in [0.25, 0.3) is 0 Å². The minimum Gasteiger partial charge on any atom is -0.384 e. The van der Waals surface area contributed by atoms with Crippen LogP contribution in [0.15, 0.2) is 0 Å². The van der Waals surface area contributed by atoms with Gasteiger partial charge in [0, 0.05) is 31.1 Å². The maximum Gasteiger partial charge on any atom is 0.202 e. The Kier molecular flexibility index (Phi) is 5.75. The maximum absolute atomic E-state index is 8.63. The Balaban J connectivity index is 2.47. The molecule has 0 saturated carbocycles. The molecule has 0 radical (unpaired) electrons. The average Bonchev–Trinajstić information content (AvgIpc) is 2.73. The summed E-state index contributed by atoms with van der Waals surface area (Å²) in [6.45, 7) is 2.67. The number of anilines is 1. The Hall–Kier alpha value is -1.19. The van der Waals surface area contributed by atoms with E-state index < -0.39 is 0 Å². The minimum atomic E-state index is 0.160. The van der Waals surface area contributed by atoms with Crippen LogP contribution in [-0.4, -0.2) is 29.1 Å². The molecule has 16 heavy (non-hydrogen) atoms. The summed E-state index contributed by atoms with van der Waals surface area (Å²) < 4.78 is 9.16. The number of hydrogen-bond acceptors (Lipinski definition) is 6. The number of ether oxygens (including phenoxy) is 1. The second kappa shape index (κ2) is 7.14. The predicted octanol–water partition coefficient (Wildman–Crippen LogP) is 1.83. The second-order valence-corrected chi connectivity index (χ2v) is 4.12. The van der Waals surface area contributed by atoms with Crippen molar-refractivity contribution in [2.45, 2.75) is 32.2 Å². The summed E-state index contributed by atoms with van der Waals surface area (Å²) >= 11 is 1.33. The fourth-order valence-electron chi connectivity index (χ4n) is 1.19. The van der Waals surface area contributed by atoms with Crippen molar-refractivity contribution in [1.29, 1.82) is 5.26 Å². The van der Waals surface area contributed by atoms with Gasteiger partial charge in [-0.1, -0.05) is 6.92 Å². The number of nitrogens with zero attached hydrogens (tertiary/aromatic N) is 3. The molecule has 0 spiro atoms. The van der Waals surface area contributed by atoms with Gasteiger partial charge in [0.1, 0.15) is 5.82 Å². The van der Waals surface area contributed by atoms with Crippen molar-refractivity contribution in [3.63, 3.8) is 0 Å². The number of rotatable bonds is 7. The Labute approximate surface area is 99.6 Å². The Bertz CT molecular complexity index is 347. The summed E-state index contributed by atoms with van der Waals surface area (Å²) in [7, 11) is 1.66. The van der Waals surface area contributed by atoms with E-state index in [4.69, 9.17) is 10.00 Å². The molecule has 0 aliphatic carbocycles. The highest BCUT2D eigenvalue weighted by Gasteiger charge is 2.09. The molecule has 1 unspecified atom stereocenters. The van der Waals surface area contributed by atoms with Gasteiger partial charge >= 0.3 is 0 Å². The van der Waals surface area contributed by atoms with Crippen LogP contribution >= 0.6 is 11.5 Å². The van der Waals surface area contributed by atoms with E-state index in [1.54, 1.807) is 7.11 Å². The average molecular weight is 240 g/mol.